The Labute approximate surface area is 138 Å². The molecule has 0 aliphatic heterocycles. The maximum absolute atomic E-state index is 10.7. The van der Waals surface area contributed by atoms with Crippen LogP contribution in [0.5, 0.6) is 0 Å². The first kappa shape index (κ1) is 19.3. The van der Waals surface area contributed by atoms with Gasteiger partial charge in [0.2, 0.25) is 0 Å². The molecule has 1 N–H and O–H groups in total. The zero-order valence-corrected chi connectivity index (χ0v) is 17.2. The second kappa shape index (κ2) is 9.44. The Kier molecular flexibility index (Phi) is 8.70. The minimum atomic E-state index is -2.25. The van der Waals surface area contributed by atoms with Gasteiger partial charge in [-0.3, -0.25) is 0 Å². The molecule has 0 aliphatic carbocycles. The minimum absolute atomic E-state index is 0.597. The van der Waals surface area contributed by atoms with Crippen molar-refractivity contribution in [1.29, 1.82) is 0 Å². The van der Waals surface area contributed by atoms with Crippen LogP contribution in [0, 0.1) is 0 Å². The first-order valence-electron chi connectivity index (χ1n) is 7.77. The van der Waals surface area contributed by atoms with Crippen molar-refractivity contribution in [3.63, 3.8) is 0 Å². The Balaban J connectivity index is 2.81. The molecule has 0 fully saturated rings. The number of halogens is 1. The topological polar surface area (TPSA) is 29.5 Å². The van der Waals surface area contributed by atoms with Gasteiger partial charge in [-0.2, -0.15) is 0 Å². The van der Waals surface area contributed by atoms with Crippen LogP contribution in [0.1, 0.15) is 48.7 Å². The standard InChI is InChI=1S/C17H31IO2P/c1-6-13-21(19,20-8-3)14-15-9-11-16(12-10-15)17(7-2)18(4)5/h9-12,17,19H,6-8,13-14H2,1-5H3/q+1/t17-,21?/m0/s1. The normalized spacial score (nSPS) is 16.4. The van der Waals surface area contributed by atoms with Gasteiger partial charge in [-0.25, -0.2) is 0 Å². The van der Waals surface area contributed by atoms with Gasteiger partial charge < -0.3 is 0 Å². The van der Waals surface area contributed by atoms with Crippen LogP contribution in [-0.2, 0) is 10.7 Å². The van der Waals surface area contributed by atoms with E-state index in [-0.39, 0.29) is 0 Å². The summed E-state index contributed by atoms with van der Waals surface area (Å²) in [5.41, 5.74) is 2.68. The predicted molar refractivity (Wildman–Crippen MR) is 105 cm³/mol. The van der Waals surface area contributed by atoms with E-state index in [0.717, 1.165) is 16.5 Å². The van der Waals surface area contributed by atoms with Crippen molar-refractivity contribution >= 4 is 27.5 Å². The molecule has 2 atom stereocenters. The number of hydrogen-bond donors (Lipinski definition) is 1. The number of benzene rings is 1. The second-order valence-electron chi connectivity index (χ2n) is 5.58. The van der Waals surface area contributed by atoms with Gasteiger partial charge in [0.25, 0.3) is 0 Å². The molecule has 0 spiro atoms. The summed E-state index contributed by atoms with van der Waals surface area (Å²) in [6.07, 6.45) is 3.69. The van der Waals surface area contributed by atoms with Gasteiger partial charge in [-0.15, -0.1) is 0 Å². The molecule has 21 heavy (non-hydrogen) atoms. The summed E-state index contributed by atoms with van der Waals surface area (Å²) >= 11 is -0.829. The summed E-state index contributed by atoms with van der Waals surface area (Å²) in [4.78, 5) is 15.5. The van der Waals surface area contributed by atoms with Crippen molar-refractivity contribution < 1.29 is 9.42 Å². The third kappa shape index (κ3) is 6.13. The summed E-state index contributed by atoms with van der Waals surface area (Å²) in [6, 6.07) is 8.92. The molecule has 0 amide bonds. The van der Waals surface area contributed by atoms with Gasteiger partial charge in [0.1, 0.15) is 0 Å². The van der Waals surface area contributed by atoms with Crippen LogP contribution in [0.15, 0.2) is 24.3 Å². The van der Waals surface area contributed by atoms with Gasteiger partial charge in [0.15, 0.2) is 0 Å². The van der Waals surface area contributed by atoms with Gasteiger partial charge in [-0.1, -0.05) is 0 Å². The summed E-state index contributed by atoms with van der Waals surface area (Å²) in [6.45, 7) is 6.95. The fourth-order valence-corrected chi connectivity index (χ4v) is 8.65. The average Bonchev–Trinajstić information content (AvgIpc) is 2.41. The Bertz CT molecular complexity index is 400. The first-order valence-corrected chi connectivity index (χ1v) is 15.4. The molecule has 2 nitrogen and oxygen atoms in total. The van der Waals surface area contributed by atoms with Gasteiger partial charge >= 0.3 is 139 Å². The van der Waals surface area contributed by atoms with Crippen LogP contribution in [0.2, 0.25) is 0 Å². The van der Waals surface area contributed by atoms with E-state index in [2.05, 4.69) is 48.0 Å². The van der Waals surface area contributed by atoms with Crippen molar-refractivity contribution in [3.05, 3.63) is 35.4 Å². The van der Waals surface area contributed by atoms with E-state index in [1.54, 1.807) is 0 Å². The number of rotatable bonds is 9. The zero-order valence-electron chi connectivity index (χ0n) is 14.1. The summed E-state index contributed by atoms with van der Waals surface area (Å²) < 4.78 is 6.46. The monoisotopic (exact) mass is 425 g/mol. The molecule has 0 saturated heterocycles. The fraction of sp³-hybridized carbons (Fsp3) is 0.647. The number of hydrogen-bond acceptors (Lipinski definition) is 2. The van der Waals surface area contributed by atoms with Crippen LogP contribution in [0.25, 0.3) is 0 Å². The Morgan fingerprint density at radius 2 is 1.76 bits per heavy atom. The molecule has 1 aromatic rings. The van der Waals surface area contributed by atoms with Crippen molar-refractivity contribution in [2.24, 2.45) is 0 Å². The molecule has 0 bridgehead atoms. The van der Waals surface area contributed by atoms with Gasteiger partial charge in [0, 0.05) is 0 Å². The molecule has 0 radical (unpaired) electrons. The molecular weight excluding hydrogens is 394 g/mol. The predicted octanol–water partition coefficient (Wildman–Crippen LogP) is 5.69. The van der Waals surface area contributed by atoms with E-state index in [1.165, 1.54) is 17.5 Å². The Morgan fingerprint density at radius 1 is 1.14 bits per heavy atom. The Morgan fingerprint density at radius 3 is 2.19 bits per heavy atom. The van der Waals surface area contributed by atoms with Crippen LogP contribution in [0.4, 0.5) is 0 Å². The van der Waals surface area contributed by atoms with Crippen LogP contribution < -0.4 is 0 Å². The average molecular weight is 425 g/mol. The SMILES string of the molecule is CCC[P+](O)(Cc1ccc([C@H](CC)I(C)C)cc1)OCC. The third-order valence-electron chi connectivity index (χ3n) is 3.60. The van der Waals surface area contributed by atoms with Crippen molar-refractivity contribution in [1.82, 2.24) is 0 Å². The van der Waals surface area contributed by atoms with E-state index < -0.39 is 27.5 Å². The molecule has 1 unspecified atom stereocenters. The molecule has 0 aliphatic rings. The van der Waals surface area contributed by atoms with Crippen molar-refractivity contribution in [2.75, 3.05) is 22.6 Å². The summed E-state index contributed by atoms with van der Waals surface area (Å²) in [5, 5.41) is 0. The van der Waals surface area contributed by atoms with E-state index in [0.29, 0.717) is 12.8 Å². The molecule has 1 aromatic carbocycles. The van der Waals surface area contributed by atoms with Crippen LogP contribution in [0.3, 0.4) is 0 Å². The molecule has 1 rings (SSSR count). The van der Waals surface area contributed by atoms with E-state index in [4.69, 9.17) is 4.52 Å². The summed E-state index contributed by atoms with van der Waals surface area (Å²) in [5.74, 6) is 0. The molecule has 122 valence electrons. The molecular formula is C17H31IO2P+. The molecule has 0 heterocycles. The van der Waals surface area contributed by atoms with Crippen LogP contribution in [-0.4, -0.2) is 27.5 Å². The Hall–Kier alpha value is 0.300. The van der Waals surface area contributed by atoms with Crippen LogP contribution >= 0.6 is 27.5 Å². The van der Waals surface area contributed by atoms with E-state index >= 15 is 0 Å². The quantitative estimate of drug-likeness (QED) is 0.313. The molecule has 0 saturated carbocycles. The van der Waals surface area contributed by atoms with E-state index in [1.807, 2.05) is 6.92 Å². The molecule has 0 aromatic heterocycles. The van der Waals surface area contributed by atoms with E-state index in [9.17, 15) is 4.89 Å². The zero-order chi connectivity index (χ0) is 15.9. The number of alkyl halides is 3. The summed E-state index contributed by atoms with van der Waals surface area (Å²) in [7, 11) is -2.25. The maximum atomic E-state index is 10.7. The van der Waals surface area contributed by atoms with Gasteiger partial charge in [0.05, 0.1) is 0 Å². The fourth-order valence-electron chi connectivity index (χ4n) is 2.69. The van der Waals surface area contributed by atoms with Crippen molar-refractivity contribution in [3.8, 4) is 0 Å². The van der Waals surface area contributed by atoms with Crippen molar-refractivity contribution in [2.45, 2.75) is 43.7 Å². The van der Waals surface area contributed by atoms with Gasteiger partial charge in [-0.05, 0) is 0 Å². The first-order chi connectivity index (χ1) is 9.95. The second-order valence-corrected chi connectivity index (χ2v) is 14.4. The molecule has 4 heteroatoms. The third-order valence-corrected chi connectivity index (χ3v) is 11.0.